The van der Waals surface area contributed by atoms with Gasteiger partial charge < -0.3 is 14.4 Å². The van der Waals surface area contributed by atoms with Crippen molar-refractivity contribution in [3.05, 3.63) is 12.2 Å². The van der Waals surface area contributed by atoms with Crippen LogP contribution < -0.4 is 0 Å². The summed E-state index contributed by atoms with van der Waals surface area (Å²) in [6.07, 6.45) is 7.75. The molecule has 0 spiro atoms. The maximum absolute atomic E-state index is 12.1. The summed E-state index contributed by atoms with van der Waals surface area (Å²) < 4.78 is 10.8. The quantitative estimate of drug-likeness (QED) is 0.593. The van der Waals surface area contributed by atoms with Crippen molar-refractivity contribution in [2.45, 2.75) is 58.2 Å². The number of hydrogen-bond acceptors (Lipinski definition) is 4. The molecule has 2 rings (SSSR count). The molecule has 1 aliphatic carbocycles. The second kappa shape index (κ2) is 7.48. The van der Waals surface area contributed by atoms with Gasteiger partial charge in [0.2, 0.25) is 0 Å². The van der Waals surface area contributed by atoms with E-state index >= 15 is 0 Å². The average molecular weight is 295 g/mol. The highest BCUT2D eigenvalue weighted by Gasteiger charge is 2.28. The number of esters is 1. The Kier molecular flexibility index (Phi) is 5.65. The van der Waals surface area contributed by atoms with Crippen LogP contribution in [0.4, 0.5) is 4.79 Å². The number of ether oxygens (including phenoxy) is 2. The van der Waals surface area contributed by atoms with Crippen LogP contribution in [-0.2, 0) is 14.3 Å². The van der Waals surface area contributed by atoms with Crippen molar-refractivity contribution in [1.82, 2.24) is 4.90 Å². The molecule has 5 heteroatoms. The molecule has 0 aromatic carbocycles. The summed E-state index contributed by atoms with van der Waals surface area (Å²) in [7, 11) is 0. The normalized spacial score (nSPS) is 23.2. The van der Waals surface area contributed by atoms with Crippen LogP contribution >= 0.6 is 0 Å². The van der Waals surface area contributed by atoms with Crippen LogP contribution in [0.5, 0.6) is 0 Å². The van der Waals surface area contributed by atoms with Gasteiger partial charge >= 0.3 is 12.1 Å². The molecule has 0 aromatic rings. The lowest BCUT2D eigenvalue weighted by molar-refractivity contribution is -0.156. The van der Waals surface area contributed by atoms with Gasteiger partial charge in [-0.3, -0.25) is 4.79 Å². The number of piperidine rings is 1. The Labute approximate surface area is 126 Å². The fourth-order valence-electron chi connectivity index (χ4n) is 2.70. The van der Waals surface area contributed by atoms with Gasteiger partial charge in [0.25, 0.3) is 0 Å². The van der Waals surface area contributed by atoms with Crippen molar-refractivity contribution >= 4 is 12.1 Å². The van der Waals surface area contributed by atoms with Crippen molar-refractivity contribution in [3.63, 3.8) is 0 Å². The smallest absolute Gasteiger partial charge is 0.410 e. The van der Waals surface area contributed by atoms with Crippen molar-refractivity contribution < 1.29 is 19.1 Å². The van der Waals surface area contributed by atoms with E-state index in [0.29, 0.717) is 25.9 Å². The highest BCUT2D eigenvalue weighted by Crippen LogP contribution is 2.22. The van der Waals surface area contributed by atoms with Gasteiger partial charge in [0.05, 0.1) is 12.0 Å². The topological polar surface area (TPSA) is 55.8 Å². The van der Waals surface area contributed by atoms with E-state index < -0.39 is 0 Å². The van der Waals surface area contributed by atoms with Gasteiger partial charge in [-0.15, -0.1) is 0 Å². The second-order valence-electron chi connectivity index (χ2n) is 6.04. The van der Waals surface area contributed by atoms with E-state index in [1.807, 2.05) is 13.8 Å². The molecule has 118 valence electrons. The molecular weight excluding hydrogens is 270 g/mol. The number of amides is 1. The van der Waals surface area contributed by atoms with Gasteiger partial charge in [-0.25, -0.2) is 4.79 Å². The number of carbonyl (C=O) groups is 2. The van der Waals surface area contributed by atoms with Crippen molar-refractivity contribution in [1.29, 1.82) is 0 Å². The van der Waals surface area contributed by atoms with Gasteiger partial charge in [-0.05, 0) is 33.1 Å². The molecule has 0 unspecified atom stereocenters. The van der Waals surface area contributed by atoms with Gasteiger partial charge in [0.1, 0.15) is 6.10 Å². The lowest BCUT2D eigenvalue weighted by Gasteiger charge is -2.32. The van der Waals surface area contributed by atoms with Gasteiger partial charge in [0, 0.05) is 25.9 Å². The largest absolute Gasteiger partial charge is 0.462 e. The molecule has 1 amide bonds. The lowest BCUT2D eigenvalue weighted by atomic mass is 9.94. The van der Waals surface area contributed by atoms with Crippen molar-refractivity contribution in [2.75, 3.05) is 13.1 Å². The Morgan fingerprint density at radius 3 is 2.43 bits per heavy atom. The number of allylic oxidation sites excluding steroid dienone is 2. The Balaban J connectivity index is 1.72. The van der Waals surface area contributed by atoms with E-state index in [0.717, 1.165) is 19.3 Å². The molecule has 0 saturated carbocycles. The Morgan fingerprint density at radius 1 is 1.14 bits per heavy atom. The third-order valence-electron chi connectivity index (χ3n) is 3.92. The van der Waals surface area contributed by atoms with Crippen LogP contribution in [0.2, 0.25) is 0 Å². The molecule has 0 bridgehead atoms. The zero-order valence-corrected chi connectivity index (χ0v) is 12.9. The molecule has 0 aromatic heterocycles. The van der Waals surface area contributed by atoms with E-state index in [4.69, 9.17) is 9.47 Å². The molecule has 21 heavy (non-hydrogen) atoms. The second-order valence-corrected chi connectivity index (χ2v) is 6.04. The molecule has 1 fully saturated rings. The summed E-state index contributed by atoms with van der Waals surface area (Å²) in [6.45, 7) is 4.86. The number of nitrogens with zero attached hydrogens (tertiary/aromatic N) is 1. The Hall–Kier alpha value is -1.52. The number of likely N-dealkylation sites (tertiary alicyclic amines) is 1. The lowest BCUT2D eigenvalue weighted by Crippen LogP contribution is -2.42. The van der Waals surface area contributed by atoms with Crippen LogP contribution in [0.15, 0.2) is 12.2 Å². The van der Waals surface area contributed by atoms with E-state index in [-0.39, 0.29) is 30.2 Å². The van der Waals surface area contributed by atoms with E-state index in [1.165, 1.54) is 0 Å². The predicted octanol–water partition coefficient (Wildman–Crippen LogP) is 2.90. The van der Waals surface area contributed by atoms with E-state index in [1.54, 1.807) is 4.90 Å². The van der Waals surface area contributed by atoms with Crippen LogP contribution in [0.25, 0.3) is 0 Å². The number of rotatable bonds is 3. The van der Waals surface area contributed by atoms with Crippen LogP contribution in [-0.4, -0.2) is 42.3 Å². The Morgan fingerprint density at radius 2 is 1.86 bits per heavy atom. The molecular formula is C16H25NO4. The first-order chi connectivity index (χ1) is 10.1. The summed E-state index contributed by atoms with van der Waals surface area (Å²) in [5.41, 5.74) is 0. The first kappa shape index (κ1) is 15.9. The summed E-state index contributed by atoms with van der Waals surface area (Å²) in [5, 5.41) is 0. The summed E-state index contributed by atoms with van der Waals surface area (Å²) in [4.78, 5) is 25.5. The predicted molar refractivity (Wildman–Crippen MR) is 78.8 cm³/mol. The maximum Gasteiger partial charge on any atom is 0.410 e. The average Bonchev–Trinajstić information content (AvgIpc) is 2.48. The van der Waals surface area contributed by atoms with Gasteiger partial charge in [0.15, 0.2) is 0 Å². The van der Waals surface area contributed by atoms with Crippen molar-refractivity contribution in [2.24, 2.45) is 5.92 Å². The molecule has 0 radical (unpaired) electrons. The first-order valence-corrected chi connectivity index (χ1v) is 7.87. The zero-order valence-electron chi connectivity index (χ0n) is 12.9. The van der Waals surface area contributed by atoms with Crippen LogP contribution in [0.3, 0.4) is 0 Å². The molecule has 1 atom stereocenters. The minimum absolute atomic E-state index is 0.0129. The summed E-state index contributed by atoms with van der Waals surface area (Å²) in [5.74, 6) is -0.0681. The molecule has 2 aliphatic rings. The minimum atomic E-state index is -0.271. The molecule has 0 N–H and O–H groups in total. The third-order valence-corrected chi connectivity index (χ3v) is 3.92. The van der Waals surface area contributed by atoms with Gasteiger partial charge in [-0.2, -0.15) is 0 Å². The fourth-order valence-corrected chi connectivity index (χ4v) is 2.70. The first-order valence-electron chi connectivity index (χ1n) is 7.87. The number of carbonyl (C=O) groups excluding carboxylic acids is 2. The van der Waals surface area contributed by atoms with Crippen LogP contribution in [0, 0.1) is 5.92 Å². The molecule has 1 heterocycles. The standard InChI is InChI=1S/C16H25NO4/c1-12(2)20-16(19)17-10-8-14(9-11-17)21-15(18)13-6-4-3-5-7-13/h3-4,12-14H,5-11H2,1-2H3/t13-/m0/s1. The molecule has 1 aliphatic heterocycles. The molecule has 5 nitrogen and oxygen atoms in total. The number of hydrogen-bond donors (Lipinski definition) is 0. The van der Waals surface area contributed by atoms with E-state index in [9.17, 15) is 9.59 Å². The highest BCUT2D eigenvalue weighted by atomic mass is 16.6. The third kappa shape index (κ3) is 4.76. The zero-order chi connectivity index (χ0) is 15.2. The Bertz CT molecular complexity index is 397. The maximum atomic E-state index is 12.1. The van der Waals surface area contributed by atoms with Crippen molar-refractivity contribution in [3.8, 4) is 0 Å². The fraction of sp³-hybridized carbons (Fsp3) is 0.750. The summed E-state index contributed by atoms with van der Waals surface area (Å²) in [6, 6.07) is 0. The summed E-state index contributed by atoms with van der Waals surface area (Å²) >= 11 is 0. The molecule has 1 saturated heterocycles. The van der Waals surface area contributed by atoms with Crippen LogP contribution in [0.1, 0.15) is 46.0 Å². The minimum Gasteiger partial charge on any atom is -0.462 e. The SMILES string of the molecule is CC(C)OC(=O)N1CCC(OC(=O)[C@H]2CC=CCC2)CC1. The highest BCUT2D eigenvalue weighted by molar-refractivity contribution is 5.73. The monoisotopic (exact) mass is 295 g/mol. The van der Waals surface area contributed by atoms with E-state index in [2.05, 4.69) is 12.2 Å². The van der Waals surface area contributed by atoms with Gasteiger partial charge in [-0.1, -0.05) is 12.2 Å².